The molecule has 0 bridgehead atoms. The summed E-state index contributed by atoms with van der Waals surface area (Å²) in [7, 11) is 0. The Morgan fingerprint density at radius 2 is 2.07 bits per heavy atom. The van der Waals surface area contributed by atoms with Crippen LogP contribution in [0.15, 0.2) is 47.3 Å². The normalized spacial score (nSPS) is 16.9. The fourth-order valence-corrected chi connectivity index (χ4v) is 4.47. The quantitative estimate of drug-likeness (QED) is 0.698. The zero-order valence-electron chi connectivity index (χ0n) is 15.9. The molecule has 0 radical (unpaired) electrons. The number of rotatable bonds is 7. The molecule has 1 N–H and O–H groups in total. The van der Waals surface area contributed by atoms with Crippen LogP contribution in [-0.4, -0.2) is 32.6 Å². The summed E-state index contributed by atoms with van der Waals surface area (Å²) in [5, 5.41) is 0.847. The molecule has 0 spiro atoms. The van der Waals surface area contributed by atoms with Crippen molar-refractivity contribution in [3.05, 3.63) is 59.1 Å². The number of amides is 1. The average molecular weight is 382 g/mol. The summed E-state index contributed by atoms with van der Waals surface area (Å²) in [6.07, 6.45) is 10.0. The molecule has 1 saturated carbocycles. The Kier molecular flexibility index (Phi) is 5.67. The fourth-order valence-electron chi connectivity index (χ4n) is 3.67. The summed E-state index contributed by atoms with van der Waals surface area (Å²) in [5.41, 5.74) is 4.66. The van der Waals surface area contributed by atoms with Gasteiger partial charge in [-0.3, -0.25) is 4.79 Å². The lowest BCUT2D eigenvalue weighted by atomic mass is 10.0. The van der Waals surface area contributed by atoms with Gasteiger partial charge >= 0.3 is 0 Å². The molecule has 0 aliphatic heterocycles. The number of nitrogens with one attached hydrogen (secondary N) is 1. The van der Waals surface area contributed by atoms with E-state index in [-0.39, 0.29) is 5.91 Å². The minimum atomic E-state index is 0.231. The highest BCUT2D eigenvalue weighted by atomic mass is 32.2. The molecule has 4 rings (SSSR count). The van der Waals surface area contributed by atoms with Crippen LogP contribution in [0.5, 0.6) is 0 Å². The zero-order valence-corrected chi connectivity index (χ0v) is 16.7. The van der Waals surface area contributed by atoms with E-state index >= 15 is 0 Å². The second-order valence-electron chi connectivity index (χ2n) is 7.50. The number of aromatic amines is 1. The molecule has 0 atom stereocenters. The zero-order chi connectivity index (χ0) is 18.6. The minimum absolute atomic E-state index is 0.231. The second-order valence-corrected chi connectivity index (χ2v) is 8.46. The van der Waals surface area contributed by atoms with Gasteiger partial charge in [-0.25, -0.2) is 4.98 Å². The first-order valence-electron chi connectivity index (χ1n) is 9.94. The standard InChI is InChI=1S/C22H27N3OS/c1-16-20(14-17-8-4-2-5-9-17)24-22(23-16)27-15-21(26)25(19-12-13-19)18-10-6-3-7-11-18/h2,4-5,8-10,19H,3,6-7,11-15H2,1H3,(H,23,24). The summed E-state index contributed by atoms with van der Waals surface area (Å²) >= 11 is 1.53. The van der Waals surface area contributed by atoms with Crippen molar-refractivity contribution in [2.75, 3.05) is 5.75 Å². The maximum atomic E-state index is 12.9. The van der Waals surface area contributed by atoms with Crippen molar-refractivity contribution in [2.45, 2.75) is 63.1 Å². The SMILES string of the molecule is Cc1[nH]c(SCC(=O)N(C2=CCCCC2)C2CC2)nc1Cc1ccccc1. The van der Waals surface area contributed by atoms with E-state index in [4.69, 9.17) is 4.98 Å². The Morgan fingerprint density at radius 3 is 2.78 bits per heavy atom. The topological polar surface area (TPSA) is 49.0 Å². The van der Waals surface area contributed by atoms with Gasteiger partial charge in [0.1, 0.15) is 0 Å². The number of H-pyrrole nitrogens is 1. The number of aromatic nitrogens is 2. The van der Waals surface area contributed by atoms with Crippen molar-refractivity contribution in [3.8, 4) is 0 Å². The molecule has 1 heterocycles. The molecule has 5 heteroatoms. The van der Waals surface area contributed by atoms with Crippen molar-refractivity contribution < 1.29 is 4.79 Å². The van der Waals surface area contributed by atoms with Gasteiger partial charge in [0.15, 0.2) is 5.16 Å². The van der Waals surface area contributed by atoms with Crippen molar-refractivity contribution >= 4 is 17.7 Å². The Morgan fingerprint density at radius 1 is 1.26 bits per heavy atom. The molecule has 2 aliphatic rings. The van der Waals surface area contributed by atoms with Gasteiger partial charge in [0.05, 0.1) is 11.4 Å². The van der Waals surface area contributed by atoms with Crippen molar-refractivity contribution in [3.63, 3.8) is 0 Å². The lowest BCUT2D eigenvalue weighted by Crippen LogP contribution is -2.34. The van der Waals surface area contributed by atoms with Crippen LogP contribution in [0.1, 0.15) is 55.5 Å². The monoisotopic (exact) mass is 381 g/mol. The highest BCUT2D eigenvalue weighted by molar-refractivity contribution is 7.99. The molecule has 2 aliphatic carbocycles. The van der Waals surface area contributed by atoms with E-state index in [0.717, 1.165) is 48.6 Å². The molecule has 27 heavy (non-hydrogen) atoms. The van der Waals surface area contributed by atoms with Crippen LogP contribution >= 0.6 is 11.8 Å². The first-order chi connectivity index (χ1) is 13.2. The van der Waals surface area contributed by atoms with Crippen LogP contribution in [0.3, 0.4) is 0 Å². The maximum absolute atomic E-state index is 12.9. The van der Waals surface area contributed by atoms with Gasteiger partial charge < -0.3 is 9.88 Å². The smallest absolute Gasteiger partial charge is 0.237 e. The number of aryl methyl sites for hydroxylation is 1. The highest BCUT2D eigenvalue weighted by Gasteiger charge is 2.34. The minimum Gasteiger partial charge on any atom is -0.337 e. The summed E-state index contributed by atoms with van der Waals surface area (Å²) in [6.45, 7) is 2.06. The van der Waals surface area contributed by atoms with E-state index in [1.54, 1.807) is 0 Å². The lowest BCUT2D eigenvalue weighted by molar-refractivity contribution is -0.127. The van der Waals surface area contributed by atoms with Gasteiger partial charge in [-0.05, 0) is 51.0 Å². The molecule has 142 valence electrons. The molecule has 4 nitrogen and oxygen atoms in total. The first kappa shape index (κ1) is 18.4. The van der Waals surface area contributed by atoms with Crippen LogP contribution in [0.2, 0.25) is 0 Å². The number of benzene rings is 1. The number of hydrogen-bond acceptors (Lipinski definition) is 3. The lowest BCUT2D eigenvalue weighted by Gasteiger charge is -2.27. The Bertz CT molecular complexity index is 823. The van der Waals surface area contributed by atoms with E-state index in [0.29, 0.717) is 11.8 Å². The van der Waals surface area contributed by atoms with Crippen molar-refractivity contribution in [1.29, 1.82) is 0 Å². The summed E-state index contributed by atoms with van der Waals surface area (Å²) in [6, 6.07) is 10.8. The summed E-state index contributed by atoms with van der Waals surface area (Å²) in [4.78, 5) is 23.1. The molecule has 1 aromatic carbocycles. The van der Waals surface area contributed by atoms with Gasteiger partial charge in [-0.15, -0.1) is 0 Å². The van der Waals surface area contributed by atoms with E-state index < -0.39 is 0 Å². The molecule has 2 aromatic rings. The average Bonchev–Trinajstić information content (AvgIpc) is 3.46. The van der Waals surface area contributed by atoms with Gasteiger partial charge in [0.25, 0.3) is 0 Å². The largest absolute Gasteiger partial charge is 0.337 e. The fraction of sp³-hybridized carbons (Fsp3) is 0.455. The third kappa shape index (κ3) is 4.64. The molecule has 1 fully saturated rings. The van der Waals surface area contributed by atoms with Crippen LogP contribution in [0.4, 0.5) is 0 Å². The molecule has 1 aromatic heterocycles. The molecule has 0 saturated heterocycles. The van der Waals surface area contributed by atoms with Gasteiger partial charge in [0.2, 0.25) is 5.91 Å². The molecular weight excluding hydrogens is 354 g/mol. The summed E-state index contributed by atoms with van der Waals surface area (Å²) < 4.78 is 0. The van der Waals surface area contributed by atoms with Crippen LogP contribution in [0, 0.1) is 6.92 Å². The van der Waals surface area contributed by atoms with Crippen molar-refractivity contribution in [1.82, 2.24) is 14.9 Å². The number of hydrogen-bond donors (Lipinski definition) is 1. The van der Waals surface area contributed by atoms with E-state index in [1.807, 2.05) is 6.07 Å². The molecule has 1 amide bonds. The molecule has 0 unspecified atom stereocenters. The van der Waals surface area contributed by atoms with Crippen LogP contribution < -0.4 is 0 Å². The number of carbonyl (C=O) groups is 1. The van der Waals surface area contributed by atoms with E-state index in [1.165, 1.54) is 35.9 Å². The third-order valence-corrected chi connectivity index (χ3v) is 6.13. The van der Waals surface area contributed by atoms with Gasteiger partial charge in [-0.2, -0.15) is 0 Å². The second kappa shape index (κ2) is 8.34. The number of thioether (sulfide) groups is 1. The maximum Gasteiger partial charge on any atom is 0.237 e. The Hall–Kier alpha value is -2.01. The Balaban J connectivity index is 1.38. The number of allylic oxidation sites excluding steroid dienone is 2. The van der Waals surface area contributed by atoms with Gasteiger partial charge in [0, 0.05) is 23.9 Å². The summed E-state index contributed by atoms with van der Waals surface area (Å²) in [5.74, 6) is 0.681. The van der Waals surface area contributed by atoms with E-state index in [2.05, 4.69) is 47.1 Å². The Labute approximate surface area is 165 Å². The first-order valence-corrected chi connectivity index (χ1v) is 10.9. The number of nitrogens with zero attached hydrogens (tertiary/aromatic N) is 2. The van der Waals surface area contributed by atoms with Crippen LogP contribution in [0.25, 0.3) is 0 Å². The number of imidazole rings is 1. The van der Waals surface area contributed by atoms with E-state index in [9.17, 15) is 4.79 Å². The van der Waals surface area contributed by atoms with Crippen LogP contribution in [-0.2, 0) is 11.2 Å². The third-order valence-electron chi connectivity index (χ3n) is 5.27. The number of carbonyl (C=O) groups excluding carboxylic acids is 1. The predicted molar refractivity (Wildman–Crippen MR) is 110 cm³/mol. The van der Waals surface area contributed by atoms with Gasteiger partial charge in [-0.1, -0.05) is 48.2 Å². The van der Waals surface area contributed by atoms with Crippen molar-refractivity contribution in [2.24, 2.45) is 0 Å². The predicted octanol–water partition coefficient (Wildman–Crippen LogP) is 4.85. The highest BCUT2D eigenvalue weighted by Crippen LogP contribution is 2.34. The molecular formula is C22H27N3OS.